The van der Waals surface area contributed by atoms with Crippen LogP contribution in [-0.4, -0.2) is 14.6 Å². The first-order valence-corrected chi connectivity index (χ1v) is 9.77. The van der Waals surface area contributed by atoms with Crippen molar-refractivity contribution in [3.8, 4) is 22.6 Å². The van der Waals surface area contributed by atoms with Gasteiger partial charge in [0.05, 0.1) is 0 Å². The summed E-state index contributed by atoms with van der Waals surface area (Å²) >= 11 is 1.06. The molecule has 0 aliphatic carbocycles. The van der Waals surface area contributed by atoms with Gasteiger partial charge in [-0.2, -0.15) is 14.6 Å². The summed E-state index contributed by atoms with van der Waals surface area (Å²) in [5, 5.41) is 4.22. The van der Waals surface area contributed by atoms with Crippen molar-refractivity contribution < 1.29 is 8.81 Å². The third kappa shape index (κ3) is 3.23. The summed E-state index contributed by atoms with van der Waals surface area (Å²) in [5.41, 5.74) is 0.544. The van der Waals surface area contributed by atoms with Gasteiger partial charge in [0.1, 0.15) is 21.9 Å². The van der Waals surface area contributed by atoms with E-state index in [1.165, 1.54) is 12.1 Å². The number of rotatable bonds is 3. The van der Waals surface area contributed by atoms with Crippen molar-refractivity contribution in [1.29, 1.82) is 0 Å². The number of hydrogen-bond donors (Lipinski definition) is 0. The Morgan fingerprint density at radius 1 is 0.933 bits per heavy atom. The van der Waals surface area contributed by atoms with Crippen LogP contribution in [0.3, 0.4) is 0 Å². The molecule has 0 radical (unpaired) electrons. The lowest BCUT2D eigenvalue weighted by atomic mass is 10.2. The molecular formula is C22H12FN3O3S. The van der Waals surface area contributed by atoms with E-state index in [0.29, 0.717) is 21.6 Å². The number of furan rings is 1. The molecule has 146 valence electrons. The average molecular weight is 417 g/mol. The molecule has 0 aliphatic heterocycles. The van der Waals surface area contributed by atoms with Gasteiger partial charge in [0.2, 0.25) is 4.96 Å². The Hall–Kier alpha value is -3.91. The lowest BCUT2D eigenvalue weighted by Gasteiger charge is -1.98. The summed E-state index contributed by atoms with van der Waals surface area (Å²) < 4.78 is 20.3. The molecule has 0 N–H and O–H groups in total. The van der Waals surface area contributed by atoms with Crippen molar-refractivity contribution in [3.05, 3.63) is 104 Å². The molecule has 30 heavy (non-hydrogen) atoms. The third-order valence-electron chi connectivity index (χ3n) is 4.46. The number of aromatic nitrogens is 3. The molecule has 0 fully saturated rings. The highest BCUT2D eigenvalue weighted by atomic mass is 32.1. The largest absolute Gasteiger partial charge is 0.457 e. The molecular weight excluding hydrogens is 405 g/mol. The van der Waals surface area contributed by atoms with Crippen LogP contribution in [0.2, 0.25) is 0 Å². The van der Waals surface area contributed by atoms with Crippen LogP contribution in [0.15, 0.2) is 80.7 Å². The minimum atomic E-state index is -0.495. The van der Waals surface area contributed by atoms with Gasteiger partial charge in [-0.1, -0.05) is 41.7 Å². The maximum atomic E-state index is 13.1. The predicted octanol–water partition coefficient (Wildman–Crippen LogP) is 3.13. The Morgan fingerprint density at radius 3 is 2.47 bits per heavy atom. The Morgan fingerprint density at radius 2 is 1.70 bits per heavy atom. The predicted molar refractivity (Wildman–Crippen MR) is 112 cm³/mol. The van der Waals surface area contributed by atoms with Gasteiger partial charge in [0, 0.05) is 17.2 Å². The number of hydrogen-bond acceptors (Lipinski definition) is 6. The van der Waals surface area contributed by atoms with E-state index in [1.807, 2.05) is 6.07 Å². The first kappa shape index (κ1) is 18.1. The van der Waals surface area contributed by atoms with Gasteiger partial charge < -0.3 is 4.42 Å². The van der Waals surface area contributed by atoms with E-state index in [0.717, 1.165) is 21.4 Å². The summed E-state index contributed by atoms with van der Waals surface area (Å²) in [5.74, 6) is 0.666. The van der Waals surface area contributed by atoms with Crippen LogP contribution in [0.5, 0.6) is 0 Å². The van der Waals surface area contributed by atoms with Crippen molar-refractivity contribution >= 4 is 22.4 Å². The molecule has 6 nitrogen and oxygen atoms in total. The SMILES string of the molecule is O=c1nc2sc(=Cc3ccc(-c4ccc(F)cc4)o3)c(=O)n2nc1-c1ccccc1. The molecule has 0 atom stereocenters. The first-order valence-electron chi connectivity index (χ1n) is 8.95. The number of halogens is 1. The lowest BCUT2D eigenvalue weighted by Crippen LogP contribution is -2.26. The van der Waals surface area contributed by atoms with E-state index >= 15 is 0 Å². The van der Waals surface area contributed by atoms with Gasteiger partial charge in [0.25, 0.3) is 5.56 Å². The zero-order valence-corrected chi connectivity index (χ0v) is 16.1. The summed E-state index contributed by atoms with van der Waals surface area (Å²) in [6, 6.07) is 18.2. The molecule has 3 aromatic heterocycles. The standard InChI is InChI=1S/C22H12FN3O3S/c23-15-8-6-13(7-9-15)17-11-10-16(29-17)12-18-21(28)26-22(30-18)24-20(27)19(25-26)14-4-2-1-3-5-14/h1-12H. The van der Waals surface area contributed by atoms with E-state index in [1.54, 1.807) is 54.6 Å². The number of benzene rings is 2. The molecule has 0 bridgehead atoms. The molecule has 5 rings (SSSR count). The van der Waals surface area contributed by atoms with E-state index in [9.17, 15) is 14.0 Å². The molecule has 0 amide bonds. The van der Waals surface area contributed by atoms with Gasteiger partial charge in [-0.3, -0.25) is 9.59 Å². The van der Waals surface area contributed by atoms with Crippen LogP contribution >= 0.6 is 11.3 Å². The van der Waals surface area contributed by atoms with Crippen LogP contribution in [-0.2, 0) is 0 Å². The monoisotopic (exact) mass is 417 g/mol. The van der Waals surface area contributed by atoms with Crippen LogP contribution in [0.25, 0.3) is 33.6 Å². The fraction of sp³-hybridized carbons (Fsp3) is 0. The molecule has 0 saturated heterocycles. The first-order chi connectivity index (χ1) is 14.6. The molecule has 3 heterocycles. The molecule has 0 aliphatic rings. The maximum Gasteiger partial charge on any atom is 0.300 e. The van der Waals surface area contributed by atoms with Gasteiger partial charge in [0.15, 0.2) is 5.69 Å². The highest BCUT2D eigenvalue weighted by Crippen LogP contribution is 2.22. The Kier molecular flexibility index (Phi) is 4.33. The van der Waals surface area contributed by atoms with Crippen LogP contribution < -0.4 is 15.7 Å². The fourth-order valence-electron chi connectivity index (χ4n) is 3.01. The molecule has 8 heteroatoms. The number of nitrogens with zero attached hydrogens (tertiary/aromatic N) is 3. The topological polar surface area (TPSA) is 77.5 Å². The summed E-state index contributed by atoms with van der Waals surface area (Å²) in [6.45, 7) is 0. The maximum absolute atomic E-state index is 13.1. The second-order valence-corrected chi connectivity index (χ2v) is 7.46. The average Bonchev–Trinajstić information content (AvgIpc) is 3.34. The van der Waals surface area contributed by atoms with E-state index in [4.69, 9.17) is 4.42 Å². The number of thiazole rings is 1. The summed E-state index contributed by atoms with van der Waals surface area (Å²) in [6.07, 6.45) is 1.57. The van der Waals surface area contributed by atoms with E-state index < -0.39 is 5.56 Å². The Balaban J connectivity index is 1.59. The van der Waals surface area contributed by atoms with E-state index in [-0.39, 0.29) is 22.0 Å². The van der Waals surface area contributed by atoms with Crippen molar-refractivity contribution in [2.45, 2.75) is 0 Å². The van der Waals surface area contributed by atoms with E-state index in [2.05, 4.69) is 10.1 Å². The van der Waals surface area contributed by atoms with Gasteiger partial charge in [-0.25, -0.2) is 4.39 Å². The second kappa shape index (κ2) is 7.16. The smallest absolute Gasteiger partial charge is 0.300 e. The van der Waals surface area contributed by atoms with Gasteiger partial charge >= 0.3 is 5.56 Å². The minimum absolute atomic E-state index is 0.117. The lowest BCUT2D eigenvalue weighted by molar-refractivity contribution is 0.571. The zero-order chi connectivity index (χ0) is 20.7. The summed E-state index contributed by atoms with van der Waals surface area (Å²) in [7, 11) is 0. The molecule has 0 unspecified atom stereocenters. The van der Waals surface area contributed by atoms with Crippen LogP contribution in [0, 0.1) is 5.82 Å². The quantitative estimate of drug-likeness (QED) is 0.451. The number of fused-ring (bicyclic) bond motifs is 1. The molecule has 2 aromatic carbocycles. The van der Waals surface area contributed by atoms with Crippen molar-refractivity contribution in [2.75, 3.05) is 0 Å². The Labute approximate surface area is 172 Å². The third-order valence-corrected chi connectivity index (χ3v) is 5.42. The van der Waals surface area contributed by atoms with Crippen molar-refractivity contribution in [3.63, 3.8) is 0 Å². The minimum Gasteiger partial charge on any atom is -0.457 e. The van der Waals surface area contributed by atoms with Gasteiger partial charge in [-0.15, -0.1) is 0 Å². The van der Waals surface area contributed by atoms with Crippen LogP contribution in [0.1, 0.15) is 5.76 Å². The summed E-state index contributed by atoms with van der Waals surface area (Å²) in [4.78, 5) is 29.4. The highest BCUT2D eigenvalue weighted by molar-refractivity contribution is 7.15. The van der Waals surface area contributed by atoms with Crippen molar-refractivity contribution in [1.82, 2.24) is 14.6 Å². The second-order valence-electron chi connectivity index (χ2n) is 6.45. The molecule has 0 spiro atoms. The normalized spacial score (nSPS) is 12.0. The Bertz CT molecular complexity index is 1540. The van der Waals surface area contributed by atoms with Gasteiger partial charge in [-0.05, 0) is 36.4 Å². The van der Waals surface area contributed by atoms with Crippen molar-refractivity contribution in [2.24, 2.45) is 0 Å². The fourth-order valence-corrected chi connectivity index (χ4v) is 3.90. The highest BCUT2D eigenvalue weighted by Gasteiger charge is 2.13. The molecule has 0 saturated carbocycles. The zero-order valence-electron chi connectivity index (χ0n) is 15.3. The van der Waals surface area contributed by atoms with Crippen LogP contribution in [0.4, 0.5) is 4.39 Å². The molecule has 5 aromatic rings.